The molecule has 27 heavy (non-hydrogen) atoms. The number of imidazole rings is 1. The van der Waals surface area contributed by atoms with Gasteiger partial charge in [-0.1, -0.05) is 11.2 Å². The molecule has 5 aromatic rings. The summed E-state index contributed by atoms with van der Waals surface area (Å²) in [6, 6.07) is 13.5. The van der Waals surface area contributed by atoms with Crippen molar-refractivity contribution in [3.05, 3.63) is 66.6 Å². The Hall–Kier alpha value is -3.94. The highest BCUT2D eigenvalue weighted by Gasteiger charge is 2.11. The molecule has 132 valence electrons. The van der Waals surface area contributed by atoms with E-state index in [1.165, 1.54) is 0 Å². The van der Waals surface area contributed by atoms with E-state index in [4.69, 9.17) is 10.3 Å². The van der Waals surface area contributed by atoms with E-state index in [-0.39, 0.29) is 0 Å². The molecule has 4 heterocycles. The van der Waals surface area contributed by atoms with Gasteiger partial charge in [0.2, 0.25) is 0 Å². The molecule has 0 saturated carbocycles. The van der Waals surface area contributed by atoms with E-state index in [0.717, 1.165) is 33.7 Å². The van der Waals surface area contributed by atoms with E-state index >= 15 is 0 Å². The van der Waals surface area contributed by atoms with Crippen molar-refractivity contribution in [3.8, 4) is 11.3 Å². The van der Waals surface area contributed by atoms with Crippen molar-refractivity contribution in [2.75, 3.05) is 11.1 Å². The summed E-state index contributed by atoms with van der Waals surface area (Å²) < 4.78 is 6.98. The van der Waals surface area contributed by atoms with Crippen molar-refractivity contribution < 1.29 is 4.52 Å². The van der Waals surface area contributed by atoms with E-state index in [1.807, 2.05) is 48.7 Å². The van der Waals surface area contributed by atoms with Crippen LogP contribution >= 0.6 is 0 Å². The number of nitrogen functional groups attached to an aromatic ring is 1. The average molecular weight is 357 g/mol. The Balaban J connectivity index is 1.51. The second kappa shape index (κ2) is 6.10. The Bertz CT molecular complexity index is 1240. The molecule has 0 aliphatic rings. The first-order valence-corrected chi connectivity index (χ1v) is 8.41. The lowest BCUT2D eigenvalue weighted by molar-refractivity contribution is 0.460. The molecule has 0 spiro atoms. The molecule has 8 heteroatoms. The molecule has 0 bridgehead atoms. The number of hydrogen-bond donors (Lipinski definition) is 2. The van der Waals surface area contributed by atoms with E-state index in [1.54, 1.807) is 16.9 Å². The number of rotatable bonds is 4. The molecule has 0 amide bonds. The fourth-order valence-electron chi connectivity index (χ4n) is 2.98. The first-order valence-electron chi connectivity index (χ1n) is 8.41. The summed E-state index contributed by atoms with van der Waals surface area (Å²) in [5.74, 6) is 1.11. The van der Waals surface area contributed by atoms with Gasteiger partial charge in [-0.05, 0) is 42.0 Å². The van der Waals surface area contributed by atoms with Crippen LogP contribution in [0.4, 0.5) is 11.6 Å². The maximum absolute atomic E-state index is 5.87. The second-order valence-electron chi connectivity index (χ2n) is 6.13. The fourth-order valence-corrected chi connectivity index (χ4v) is 2.98. The van der Waals surface area contributed by atoms with Gasteiger partial charge in [0.25, 0.3) is 0 Å². The Labute approximate surface area is 153 Å². The van der Waals surface area contributed by atoms with E-state index in [0.29, 0.717) is 17.9 Å². The maximum atomic E-state index is 5.87. The zero-order valence-electron chi connectivity index (χ0n) is 14.2. The topological polar surface area (TPSA) is 107 Å². The lowest BCUT2D eigenvalue weighted by Gasteiger charge is -2.07. The molecule has 8 nitrogen and oxygen atoms in total. The van der Waals surface area contributed by atoms with Crippen LogP contribution in [0.25, 0.3) is 27.9 Å². The minimum atomic E-state index is 0.368. The Morgan fingerprint density at radius 1 is 1.11 bits per heavy atom. The number of anilines is 2. The smallest absolute Gasteiger partial charge is 0.174 e. The van der Waals surface area contributed by atoms with Crippen LogP contribution in [0.5, 0.6) is 0 Å². The molecule has 3 N–H and O–H groups in total. The molecular formula is C19H15N7O. The van der Waals surface area contributed by atoms with Gasteiger partial charge in [0, 0.05) is 24.5 Å². The van der Waals surface area contributed by atoms with Crippen LogP contribution in [0.1, 0.15) is 5.56 Å². The minimum absolute atomic E-state index is 0.368. The zero-order valence-corrected chi connectivity index (χ0v) is 14.2. The van der Waals surface area contributed by atoms with Gasteiger partial charge in [0.1, 0.15) is 5.82 Å². The van der Waals surface area contributed by atoms with Gasteiger partial charge in [0.15, 0.2) is 17.0 Å². The third-order valence-corrected chi connectivity index (χ3v) is 4.35. The van der Waals surface area contributed by atoms with Crippen molar-refractivity contribution in [3.63, 3.8) is 0 Å². The number of benzene rings is 1. The number of nitrogens with two attached hydrogens (primary N) is 1. The van der Waals surface area contributed by atoms with Gasteiger partial charge in [-0.2, -0.15) is 0 Å². The van der Waals surface area contributed by atoms with Crippen LogP contribution in [-0.4, -0.2) is 24.7 Å². The lowest BCUT2D eigenvalue weighted by atomic mass is 10.1. The van der Waals surface area contributed by atoms with Crippen molar-refractivity contribution in [1.82, 2.24) is 24.7 Å². The van der Waals surface area contributed by atoms with Crippen molar-refractivity contribution in [1.29, 1.82) is 0 Å². The van der Waals surface area contributed by atoms with Crippen molar-refractivity contribution in [2.24, 2.45) is 0 Å². The minimum Gasteiger partial charge on any atom is -0.380 e. The monoisotopic (exact) mass is 357 g/mol. The van der Waals surface area contributed by atoms with Gasteiger partial charge in [-0.3, -0.25) is 4.98 Å². The van der Waals surface area contributed by atoms with Crippen LogP contribution in [0.2, 0.25) is 0 Å². The molecule has 5 rings (SSSR count). The van der Waals surface area contributed by atoms with Gasteiger partial charge in [0.05, 0.1) is 17.3 Å². The summed E-state index contributed by atoms with van der Waals surface area (Å²) in [4.78, 5) is 8.56. The Morgan fingerprint density at radius 2 is 2.07 bits per heavy atom. The molecule has 0 aliphatic carbocycles. The SMILES string of the molecule is Nc1noc2ccc(-c3cnc4ccc(NCc5cccnc5)nn34)cc12. The Morgan fingerprint density at radius 3 is 2.96 bits per heavy atom. The highest BCUT2D eigenvalue weighted by atomic mass is 16.5. The molecule has 0 radical (unpaired) electrons. The largest absolute Gasteiger partial charge is 0.380 e. The molecule has 0 atom stereocenters. The predicted octanol–water partition coefficient (Wildman–Crippen LogP) is 3.13. The molecule has 0 saturated heterocycles. The zero-order chi connectivity index (χ0) is 18.2. The fraction of sp³-hybridized carbons (Fsp3) is 0.0526. The number of aromatic nitrogens is 5. The van der Waals surface area contributed by atoms with E-state index in [9.17, 15) is 0 Å². The maximum Gasteiger partial charge on any atom is 0.174 e. The number of nitrogens with zero attached hydrogens (tertiary/aromatic N) is 5. The summed E-state index contributed by atoms with van der Waals surface area (Å²) in [6.07, 6.45) is 5.37. The van der Waals surface area contributed by atoms with E-state index in [2.05, 4.69) is 25.5 Å². The van der Waals surface area contributed by atoms with Gasteiger partial charge in [-0.15, -0.1) is 5.10 Å². The third kappa shape index (κ3) is 2.73. The molecular weight excluding hydrogens is 342 g/mol. The van der Waals surface area contributed by atoms with Gasteiger partial charge < -0.3 is 15.6 Å². The number of fused-ring (bicyclic) bond motifs is 2. The highest BCUT2D eigenvalue weighted by molar-refractivity contribution is 5.90. The third-order valence-electron chi connectivity index (χ3n) is 4.35. The summed E-state index contributed by atoms with van der Waals surface area (Å²) in [5, 5.41) is 12.5. The number of hydrogen-bond acceptors (Lipinski definition) is 7. The molecule has 0 fully saturated rings. The standard InChI is InChI=1S/C19H15N7O/c20-19-14-8-13(3-4-16(14)27-25-19)15-11-23-18-6-5-17(24-26(15)18)22-10-12-2-1-7-21-9-12/h1-9,11H,10H2,(H2,20,25)(H,22,24). The van der Waals surface area contributed by atoms with Crippen LogP contribution < -0.4 is 11.1 Å². The van der Waals surface area contributed by atoms with Crippen molar-refractivity contribution >= 4 is 28.3 Å². The lowest BCUT2D eigenvalue weighted by Crippen LogP contribution is -2.04. The molecule has 0 unspecified atom stereocenters. The van der Waals surface area contributed by atoms with Crippen LogP contribution in [0.3, 0.4) is 0 Å². The van der Waals surface area contributed by atoms with E-state index < -0.39 is 0 Å². The van der Waals surface area contributed by atoms with Crippen molar-refractivity contribution in [2.45, 2.75) is 6.54 Å². The molecule has 4 aromatic heterocycles. The first kappa shape index (κ1) is 15.3. The Kier molecular flexibility index (Phi) is 3.46. The van der Waals surface area contributed by atoms with Crippen LogP contribution in [0.15, 0.2) is 65.6 Å². The summed E-state index contributed by atoms with van der Waals surface area (Å²) in [5.41, 5.74) is 10.2. The van der Waals surface area contributed by atoms with Gasteiger partial charge in [-0.25, -0.2) is 9.50 Å². The quantitative estimate of drug-likeness (QED) is 0.509. The number of pyridine rings is 1. The normalized spacial score (nSPS) is 11.3. The first-order chi connectivity index (χ1) is 13.3. The van der Waals surface area contributed by atoms with Crippen LogP contribution in [0, 0.1) is 0 Å². The second-order valence-corrected chi connectivity index (χ2v) is 6.13. The summed E-state index contributed by atoms with van der Waals surface area (Å²) in [6.45, 7) is 0.638. The summed E-state index contributed by atoms with van der Waals surface area (Å²) >= 11 is 0. The average Bonchev–Trinajstić information content (AvgIpc) is 3.30. The molecule has 0 aliphatic heterocycles. The summed E-state index contributed by atoms with van der Waals surface area (Å²) in [7, 11) is 0. The van der Waals surface area contributed by atoms with Gasteiger partial charge >= 0.3 is 0 Å². The highest BCUT2D eigenvalue weighted by Crippen LogP contribution is 2.28. The van der Waals surface area contributed by atoms with Crippen LogP contribution in [-0.2, 0) is 6.54 Å². The number of nitrogens with one attached hydrogen (secondary N) is 1. The molecule has 1 aromatic carbocycles. The predicted molar refractivity (Wildman–Crippen MR) is 102 cm³/mol.